The number of nitrogens with zero attached hydrogens (tertiary/aromatic N) is 5. The van der Waals surface area contributed by atoms with Gasteiger partial charge in [-0.05, 0) is 24.8 Å². The van der Waals surface area contributed by atoms with Crippen LogP contribution in [0.1, 0.15) is 78.8 Å². The first-order valence-corrected chi connectivity index (χ1v) is 9.90. The number of nitrogens with one attached hydrogen (secondary N) is 1. The molecule has 4 rings (SSSR count). The highest BCUT2D eigenvalue weighted by molar-refractivity contribution is 5.92. The Kier molecular flexibility index (Phi) is 4.87. The average Bonchev–Trinajstić information content (AvgIpc) is 3.36. The Morgan fingerprint density at radius 1 is 1.29 bits per heavy atom. The van der Waals surface area contributed by atoms with E-state index in [1.807, 2.05) is 17.2 Å². The van der Waals surface area contributed by atoms with Gasteiger partial charge in [0, 0.05) is 50.4 Å². The molecule has 2 aromatic rings. The van der Waals surface area contributed by atoms with Crippen molar-refractivity contribution in [2.75, 3.05) is 13.1 Å². The second-order valence-corrected chi connectivity index (χ2v) is 7.91. The lowest BCUT2D eigenvalue weighted by Crippen LogP contribution is -2.37. The summed E-state index contributed by atoms with van der Waals surface area (Å²) < 4.78 is 0. The van der Waals surface area contributed by atoms with Crippen LogP contribution in [0, 0.1) is 0 Å². The van der Waals surface area contributed by atoms with Gasteiger partial charge in [-0.2, -0.15) is 5.10 Å². The molecule has 0 spiro atoms. The number of H-pyrrole nitrogens is 1. The fourth-order valence-corrected chi connectivity index (χ4v) is 3.98. The molecule has 0 radical (unpaired) electrons. The van der Waals surface area contributed by atoms with E-state index in [0.717, 1.165) is 42.2 Å². The number of likely N-dealkylation sites (tertiary alicyclic amines) is 1. The minimum atomic E-state index is -0.0728. The molecule has 1 atom stereocenters. The smallest absolute Gasteiger partial charge is 0.274 e. The van der Waals surface area contributed by atoms with Crippen LogP contribution in [0.25, 0.3) is 0 Å². The summed E-state index contributed by atoms with van der Waals surface area (Å²) in [5, 5.41) is 7.12. The zero-order valence-electron chi connectivity index (χ0n) is 16.6. The summed E-state index contributed by atoms with van der Waals surface area (Å²) in [6, 6.07) is 1.81. The van der Waals surface area contributed by atoms with Crippen molar-refractivity contribution in [3.05, 3.63) is 40.7 Å². The molecule has 1 fully saturated rings. The van der Waals surface area contributed by atoms with Gasteiger partial charge in [0.05, 0.1) is 11.7 Å². The normalized spacial score (nSPS) is 19.2. The Hall–Kier alpha value is -2.77. The average molecular weight is 382 g/mol. The Balaban J connectivity index is 1.50. The van der Waals surface area contributed by atoms with E-state index >= 15 is 0 Å². The third-order valence-electron chi connectivity index (χ3n) is 5.63. The van der Waals surface area contributed by atoms with Gasteiger partial charge in [-0.15, -0.1) is 0 Å². The Bertz CT molecular complexity index is 906. The fraction of sp³-hybridized carbons (Fsp3) is 0.550. The summed E-state index contributed by atoms with van der Waals surface area (Å²) in [5.41, 5.74) is 3.36. The molecule has 0 bridgehead atoms. The SMILES string of the molecule is CC(=O)N1CCC[C@H]1c1ncc2c(n1)CCN(C(=O)c1cc(C(C)C)[nH]n1)C2. The third kappa shape index (κ3) is 3.39. The highest BCUT2D eigenvalue weighted by Gasteiger charge is 2.31. The van der Waals surface area contributed by atoms with Crippen LogP contribution in [0.5, 0.6) is 0 Å². The van der Waals surface area contributed by atoms with Crippen molar-refractivity contribution in [3.8, 4) is 0 Å². The molecule has 2 aliphatic rings. The molecule has 0 aliphatic carbocycles. The number of carbonyl (C=O) groups is 2. The number of hydrogen-bond donors (Lipinski definition) is 1. The molecule has 1 saturated heterocycles. The number of aromatic nitrogens is 4. The largest absolute Gasteiger partial charge is 0.333 e. The second-order valence-electron chi connectivity index (χ2n) is 7.91. The van der Waals surface area contributed by atoms with Crippen molar-refractivity contribution in [1.29, 1.82) is 0 Å². The summed E-state index contributed by atoms with van der Waals surface area (Å²) in [6.07, 6.45) is 4.39. The van der Waals surface area contributed by atoms with Gasteiger partial charge in [-0.3, -0.25) is 14.7 Å². The van der Waals surface area contributed by atoms with Crippen LogP contribution in [0.2, 0.25) is 0 Å². The van der Waals surface area contributed by atoms with E-state index in [0.29, 0.717) is 31.1 Å². The molecular weight excluding hydrogens is 356 g/mol. The van der Waals surface area contributed by atoms with Gasteiger partial charge in [0.25, 0.3) is 5.91 Å². The van der Waals surface area contributed by atoms with Crippen LogP contribution in [-0.2, 0) is 17.8 Å². The molecular formula is C20H26N6O2. The molecule has 0 aromatic carbocycles. The minimum Gasteiger partial charge on any atom is -0.333 e. The van der Waals surface area contributed by atoms with Crippen LogP contribution < -0.4 is 0 Å². The Labute approximate surface area is 164 Å². The minimum absolute atomic E-state index is 0.0269. The number of aromatic amines is 1. The van der Waals surface area contributed by atoms with E-state index in [1.54, 1.807) is 11.8 Å². The van der Waals surface area contributed by atoms with Crippen molar-refractivity contribution in [2.24, 2.45) is 0 Å². The Morgan fingerprint density at radius 2 is 2.11 bits per heavy atom. The summed E-state index contributed by atoms with van der Waals surface area (Å²) in [6.45, 7) is 7.58. The van der Waals surface area contributed by atoms with Gasteiger partial charge < -0.3 is 9.80 Å². The maximum Gasteiger partial charge on any atom is 0.274 e. The lowest BCUT2D eigenvalue weighted by molar-refractivity contribution is -0.129. The predicted molar refractivity (Wildman–Crippen MR) is 103 cm³/mol. The molecule has 0 saturated carbocycles. The molecule has 4 heterocycles. The van der Waals surface area contributed by atoms with Gasteiger partial charge >= 0.3 is 0 Å². The van der Waals surface area contributed by atoms with Gasteiger partial charge in [-0.25, -0.2) is 9.97 Å². The first kappa shape index (κ1) is 18.6. The number of rotatable bonds is 3. The van der Waals surface area contributed by atoms with E-state index in [9.17, 15) is 9.59 Å². The summed E-state index contributed by atoms with van der Waals surface area (Å²) in [7, 11) is 0. The molecule has 8 heteroatoms. The number of hydrogen-bond acceptors (Lipinski definition) is 5. The van der Waals surface area contributed by atoms with Gasteiger partial charge in [0.2, 0.25) is 5.91 Å². The van der Waals surface area contributed by atoms with E-state index in [2.05, 4.69) is 29.0 Å². The van der Waals surface area contributed by atoms with E-state index in [-0.39, 0.29) is 17.9 Å². The molecule has 28 heavy (non-hydrogen) atoms. The molecule has 1 N–H and O–H groups in total. The van der Waals surface area contributed by atoms with Crippen molar-refractivity contribution >= 4 is 11.8 Å². The molecule has 148 valence electrons. The highest BCUT2D eigenvalue weighted by Crippen LogP contribution is 2.30. The van der Waals surface area contributed by atoms with Crippen molar-refractivity contribution in [1.82, 2.24) is 30.0 Å². The topological polar surface area (TPSA) is 95.1 Å². The first-order chi connectivity index (χ1) is 13.4. The van der Waals surface area contributed by atoms with Crippen molar-refractivity contribution in [2.45, 2.75) is 58.5 Å². The standard InChI is InChI=1S/C20H26N6O2/c1-12(2)16-9-17(24-23-16)20(28)25-8-6-15-14(11-25)10-21-19(22-15)18-5-4-7-26(18)13(3)27/h9-10,12,18H,4-8,11H2,1-3H3,(H,23,24)/t18-/m0/s1. The van der Waals surface area contributed by atoms with E-state index in [1.165, 1.54) is 0 Å². The van der Waals surface area contributed by atoms with Crippen molar-refractivity contribution in [3.63, 3.8) is 0 Å². The maximum atomic E-state index is 12.8. The molecule has 2 amide bonds. The van der Waals surface area contributed by atoms with Crippen LogP contribution in [0.4, 0.5) is 0 Å². The fourth-order valence-electron chi connectivity index (χ4n) is 3.98. The molecule has 2 aromatic heterocycles. The first-order valence-electron chi connectivity index (χ1n) is 9.90. The summed E-state index contributed by atoms with van der Waals surface area (Å²) >= 11 is 0. The second kappa shape index (κ2) is 7.33. The Morgan fingerprint density at radius 3 is 2.82 bits per heavy atom. The van der Waals surface area contributed by atoms with Gasteiger partial charge in [0.1, 0.15) is 5.69 Å². The monoisotopic (exact) mass is 382 g/mol. The third-order valence-corrected chi connectivity index (χ3v) is 5.63. The van der Waals surface area contributed by atoms with E-state index < -0.39 is 0 Å². The van der Waals surface area contributed by atoms with E-state index in [4.69, 9.17) is 4.98 Å². The van der Waals surface area contributed by atoms with Crippen molar-refractivity contribution < 1.29 is 9.59 Å². The van der Waals surface area contributed by atoms with Crippen LogP contribution >= 0.6 is 0 Å². The van der Waals surface area contributed by atoms with Crippen LogP contribution in [-0.4, -0.2) is 54.9 Å². The van der Waals surface area contributed by atoms with Crippen LogP contribution in [0.3, 0.4) is 0 Å². The quantitative estimate of drug-likeness (QED) is 0.878. The summed E-state index contributed by atoms with van der Waals surface area (Å²) in [5.74, 6) is 1.02. The maximum absolute atomic E-state index is 12.8. The highest BCUT2D eigenvalue weighted by atomic mass is 16.2. The number of fused-ring (bicyclic) bond motifs is 1. The lowest BCUT2D eigenvalue weighted by Gasteiger charge is -2.28. The zero-order chi connectivity index (χ0) is 19.8. The van der Waals surface area contributed by atoms with Crippen LogP contribution in [0.15, 0.2) is 12.3 Å². The van der Waals surface area contributed by atoms with Gasteiger partial charge in [-0.1, -0.05) is 13.8 Å². The molecule has 0 unspecified atom stereocenters. The lowest BCUT2D eigenvalue weighted by atomic mass is 10.1. The predicted octanol–water partition coefficient (Wildman–Crippen LogP) is 2.21. The number of amides is 2. The number of carbonyl (C=O) groups excluding carboxylic acids is 2. The molecule has 2 aliphatic heterocycles. The zero-order valence-corrected chi connectivity index (χ0v) is 16.6. The van der Waals surface area contributed by atoms with Gasteiger partial charge in [0.15, 0.2) is 5.82 Å². The summed E-state index contributed by atoms with van der Waals surface area (Å²) in [4.78, 5) is 37.6. The molecule has 8 nitrogen and oxygen atoms in total.